The Balaban J connectivity index is 1.30. The molecule has 1 amide bonds. The van der Waals surface area contributed by atoms with Gasteiger partial charge >= 0.3 is 0 Å². The van der Waals surface area contributed by atoms with E-state index < -0.39 is 10.0 Å². The van der Waals surface area contributed by atoms with Crippen LogP contribution in [-0.4, -0.2) is 69.6 Å². The highest BCUT2D eigenvalue weighted by molar-refractivity contribution is 7.89. The molecule has 1 aromatic carbocycles. The summed E-state index contributed by atoms with van der Waals surface area (Å²) in [5.74, 6) is 0.511. The summed E-state index contributed by atoms with van der Waals surface area (Å²) < 4.78 is 33.2. The molecule has 0 unspecified atom stereocenters. The summed E-state index contributed by atoms with van der Waals surface area (Å²) in [7, 11) is -3.64. The Hall–Kier alpha value is -2.49. The van der Waals surface area contributed by atoms with Crippen LogP contribution in [0.2, 0.25) is 0 Å². The van der Waals surface area contributed by atoms with Crippen LogP contribution < -0.4 is 10.2 Å². The predicted molar refractivity (Wildman–Crippen MR) is 127 cm³/mol. The predicted octanol–water partition coefficient (Wildman–Crippen LogP) is 2.07. The number of anilines is 1. The molecule has 2 aromatic rings. The Morgan fingerprint density at radius 2 is 1.76 bits per heavy atom. The molecule has 3 heterocycles. The zero-order valence-corrected chi connectivity index (χ0v) is 19.7. The first-order valence-corrected chi connectivity index (χ1v) is 13.1. The number of carbonyl (C=O) groups is 1. The van der Waals surface area contributed by atoms with Crippen LogP contribution in [0.4, 0.5) is 5.82 Å². The molecule has 2 fully saturated rings. The van der Waals surface area contributed by atoms with Gasteiger partial charge in [-0.15, -0.1) is 0 Å². The molecule has 0 aliphatic carbocycles. The van der Waals surface area contributed by atoms with E-state index in [0.29, 0.717) is 64.6 Å². The number of hydrogen-bond donors (Lipinski definition) is 1. The van der Waals surface area contributed by atoms with Gasteiger partial charge in [0.15, 0.2) is 0 Å². The number of piperidine rings is 1. The summed E-state index contributed by atoms with van der Waals surface area (Å²) in [6, 6.07) is 13.5. The monoisotopic (exact) mass is 472 g/mol. The van der Waals surface area contributed by atoms with Gasteiger partial charge in [-0.3, -0.25) is 4.79 Å². The second-order valence-corrected chi connectivity index (χ2v) is 10.4. The van der Waals surface area contributed by atoms with Crippen molar-refractivity contribution in [1.29, 1.82) is 0 Å². The minimum atomic E-state index is -3.64. The van der Waals surface area contributed by atoms with E-state index in [2.05, 4.69) is 22.4 Å². The van der Waals surface area contributed by atoms with Crippen LogP contribution in [0.25, 0.3) is 0 Å². The van der Waals surface area contributed by atoms with Crippen LogP contribution in [-0.2, 0) is 26.0 Å². The SMILES string of the molecule is O=C(NCCCc1ccccc1)C1CCN(c2ncccc2S(=O)(=O)N2CCOCC2)CC1. The molecule has 4 rings (SSSR count). The molecular weight excluding hydrogens is 440 g/mol. The largest absolute Gasteiger partial charge is 0.379 e. The van der Waals surface area contributed by atoms with Crippen molar-refractivity contribution in [3.05, 3.63) is 54.2 Å². The molecule has 2 aliphatic rings. The number of amides is 1. The van der Waals surface area contributed by atoms with Gasteiger partial charge in [0.25, 0.3) is 0 Å². The van der Waals surface area contributed by atoms with E-state index >= 15 is 0 Å². The summed E-state index contributed by atoms with van der Waals surface area (Å²) in [4.78, 5) is 19.3. The average molecular weight is 473 g/mol. The quantitative estimate of drug-likeness (QED) is 0.592. The van der Waals surface area contributed by atoms with Gasteiger partial charge in [0, 0.05) is 44.8 Å². The van der Waals surface area contributed by atoms with Crippen molar-refractivity contribution < 1.29 is 17.9 Å². The zero-order chi connectivity index (χ0) is 23.1. The number of nitrogens with zero attached hydrogens (tertiary/aromatic N) is 3. The van der Waals surface area contributed by atoms with Crippen LogP contribution in [0.15, 0.2) is 53.6 Å². The van der Waals surface area contributed by atoms with Gasteiger partial charge in [-0.1, -0.05) is 30.3 Å². The highest BCUT2D eigenvalue weighted by Gasteiger charge is 2.32. The number of pyridine rings is 1. The Kier molecular flexibility index (Phi) is 7.95. The van der Waals surface area contributed by atoms with Gasteiger partial charge in [0.2, 0.25) is 15.9 Å². The summed E-state index contributed by atoms with van der Waals surface area (Å²) in [5, 5.41) is 3.07. The van der Waals surface area contributed by atoms with Crippen LogP contribution in [0.5, 0.6) is 0 Å². The van der Waals surface area contributed by atoms with Crippen molar-refractivity contribution in [1.82, 2.24) is 14.6 Å². The Labute approximate surface area is 196 Å². The molecule has 1 N–H and O–H groups in total. The highest BCUT2D eigenvalue weighted by atomic mass is 32.2. The molecule has 0 radical (unpaired) electrons. The van der Waals surface area contributed by atoms with Crippen LogP contribution in [0.3, 0.4) is 0 Å². The fourth-order valence-electron chi connectivity index (χ4n) is 4.39. The normalized spacial score (nSPS) is 18.2. The van der Waals surface area contributed by atoms with Crippen molar-refractivity contribution in [3.63, 3.8) is 0 Å². The second-order valence-electron chi connectivity index (χ2n) is 8.48. The summed E-state index contributed by atoms with van der Waals surface area (Å²) in [6.07, 6.45) is 4.83. The zero-order valence-electron chi connectivity index (χ0n) is 18.9. The topological polar surface area (TPSA) is 91.8 Å². The number of carbonyl (C=O) groups excluding carboxylic acids is 1. The lowest BCUT2D eigenvalue weighted by Crippen LogP contribution is -2.43. The van der Waals surface area contributed by atoms with Crippen LogP contribution >= 0.6 is 0 Å². The maximum atomic E-state index is 13.2. The fourth-order valence-corrected chi connectivity index (χ4v) is 5.96. The molecule has 0 spiro atoms. The number of hydrogen-bond acceptors (Lipinski definition) is 6. The molecule has 0 bridgehead atoms. The third kappa shape index (κ3) is 5.90. The van der Waals surface area contributed by atoms with E-state index in [4.69, 9.17) is 4.74 Å². The third-order valence-corrected chi connectivity index (χ3v) is 8.21. The van der Waals surface area contributed by atoms with E-state index in [1.54, 1.807) is 18.3 Å². The van der Waals surface area contributed by atoms with Crippen molar-refractivity contribution in [2.24, 2.45) is 5.92 Å². The molecule has 178 valence electrons. The molecule has 33 heavy (non-hydrogen) atoms. The fraction of sp³-hybridized carbons (Fsp3) is 0.500. The van der Waals surface area contributed by atoms with Gasteiger partial charge in [0.1, 0.15) is 10.7 Å². The number of morpholine rings is 1. The molecular formula is C24H32N4O4S. The second kappa shape index (κ2) is 11.1. The summed E-state index contributed by atoms with van der Waals surface area (Å²) in [6.45, 7) is 3.37. The summed E-state index contributed by atoms with van der Waals surface area (Å²) in [5.41, 5.74) is 1.28. The number of ether oxygens (including phenoxy) is 1. The Morgan fingerprint density at radius 1 is 1.03 bits per heavy atom. The molecule has 0 atom stereocenters. The Morgan fingerprint density at radius 3 is 2.48 bits per heavy atom. The molecule has 0 saturated carbocycles. The number of aromatic nitrogens is 1. The lowest BCUT2D eigenvalue weighted by molar-refractivity contribution is -0.125. The van der Waals surface area contributed by atoms with Crippen LogP contribution in [0.1, 0.15) is 24.8 Å². The summed E-state index contributed by atoms with van der Waals surface area (Å²) >= 11 is 0. The highest BCUT2D eigenvalue weighted by Crippen LogP contribution is 2.29. The van der Waals surface area contributed by atoms with E-state index in [0.717, 1.165) is 12.8 Å². The van der Waals surface area contributed by atoms with Gasteiger partial charge < -0.3 is 15.0 Å². The Bertz CT molecular complexity index is 1020. The maximum Gasteiger partial charge on any atom is 0.246 e. The lowest BCUT2D eigenvalue weighted by atomic mass is 9.96. The van der Waals surface area contributed by atoms with Crippen molar-refractivity contribution in [2.45, 2.75) is 30.6 Å². The molecule has 2 saturated heterocycles. The first-order chi connectivity index (χ1) is 16.1. The van der Waals surface area contributed by atoms with Crippen molar-refractivity contribution >= 4 is 21.7 Å². The minimum Gasteiger partial charge on any atom is -0.379 e. The number of aryl methyl sites for hydroxylation is 1. The molecule has 1 aromatic heterocycles. The third-order valence-electron chi connectivity index (χ3n) is 6.29. The van der Waals surface area contributed by atoms with E-state index in [9.17, 15) is 13.2 Å². The standard InChI is InChI=1S/C24H32N4O4S/c29-24(26-13-4-8-20-6-2-1-3-7-20)21-10-14-27(15-11-21)23-22(9-5-12-25-23)33(30,31)28-16-18-32-19-17-28/h1-3,5-7,9,12,21H,4,8,10-11,13-19H2,(H,26,29). The first kappa shape index (κ1) is 23.7. The maximum absolute atomic E-state index is 13.2. The van der Waals surface area contributed by atoms with Gasteiger partial charge in [-0.25, -0.2) is 13.4 Å². The van der Waals surface area contributed by atoms with Crippen molar-refractivity contribution in [2.75, 3.05) is 50.8 Å². The molecule has 8 nitrogen and oxygen atoms in total. The molecule has 9 heteroatoms. The number of rotatable bonds is 8. The minimum absolute atomic E-state index is 0.0546. The number of nitrogens with one attached hydrogen (secondary N) is 1. The average Bonchev–Trinajstić information content (AvgIpc) is 2.88. The van der Waals surface area contributed by atoms with E-state index in [-0.39, 0.29) is 16.7 Å². The van der Waals surface area contributed by atoms with Gasteiger partial charge in [-0.05, 0) is 43.4 Å². The lowest BCUT2D eigenvalue weighted by Gasteiger charge is -2.34. The van der Waals surface area contributed by atoms with Gasteiger partial charge in [0.05, 0.1) is 13.2 Å². The van der Waals surface area contributed by atoms with E-state index in [1.165, 1.54) is 9.87 Å². The van der Waals surface area contributed by atoms with Gasteiger partial charge in [-0.2, -0.15) is 4.31 Å². The smallest absolute Gasteiger partial charge is 0.246 e. The van der Waals surface area contributed by atoms with E-state index in [1.807, 2.05) is 23.1 Å². The molecule has 2 aliphatic heterocycles. The number of sulfonamides is 1. The van der Waals surface area contributed by atoms with Crippen molar-refractivity contribution in [3.8, 4) is 0 Å². The number of benzene rings is 1. The van der Waals surface area contributed by atoms with Crippen LogP contribution in [0, 0.1) is 5.92 Å². The first-order valence-electron chi connectivity index (χ1n) is 11.7.